The summed E-state index contributed by atoms with van der Waals surface area (Å²) >= 11 is 0. The average Bonchev–Trinajstić information content (AvgIpc) is 2.53. The van der Waals surface area contributed by atoms with E-state index < -0.39 is 0 Å². The maximum atomic E-state index is 5.68. The molecule has 0 bridgehead atoms. The normalized spacial score (nSPS) is 24.1. The number of aromatic nitrogens is 1. The van der Waals surface area contributed by atoms with Crippen LogP contribution in [0, 0.1) is 0 Å². The highest BCUT2D eigenvalue weighted by molar-refractivity contribution is 5.43. The van der Waals surface area contributed by atoms with Gasteiger partial charge in [-0.15, -0.1) is 0 Å². The van der Waals surface area contributed by atoms with Gasteiger partial charge >= 0.3 is 0 Å². The Morgan fingerprint density at radius 2 is 2.33 bits per heavy atom. The minimum absolute atomic E-state index is 0.0536. The molecule has 0 radical (unpaired) electrons. The van der Waals surface area contributed by atoms with E-state index in [0.29, 0.717) is 6.04 Å². The highest BCUT2D eigenvalue weighted by Crippen LogP contribution is 2.28. The third kappa shape index (κ3) is 4.17. The maximum absolute atomic E-state index is 5.68. The molecule has 1 fully saturated rings. The molecule has 2 unspecified atom stereocenters. The fraction of sp³-hybridized carbons (Fsp3) is 0.706. The molecule has 1 saturated heterocycles. The summed E-state index contributed by atoms with van der Waals surface area (Å²) in [5.41, 5.74) is 1.25. The Balaban J connectivity index is 2.09. The lowest BCUT2D eigenvalue weighted by Crippen LogP contribution is -2.47. The number of rotatable bonds is 6. The Kier molecular flexibility index (Phi) is 5.59. The lowest BCUT2D eigenvalue weighted by Gasteiger charge is -2.40. The summed E-state index contributed by atoms with van der Waals surface area (Å²) in [6.07, 6.45) is 5.35. The van der Waals surface area contributed by atoms with Gasteiger partial charge in [-0.25, -0.2) is 4.98 Å². The van der Waals surface area contributed by atoms with E-state index in [4.69, 9.17) is 4.74 Å². The van der Waals surface area contributed by atoms with E-state index in [1.54, 1.807) is 0 Å². The number of nitrogens with one attached hydrogen (secondary N) is 1. The fourth-order valence-corrected chi connectivity index (χ4v) is 2.92. The fourth-order valence-electron chi connectivity index (χ4n) is 2.92. The molecular formula is C17H29N3O. The van der Waals surface area contributed by atoms with Crippen LogP contribution in [0.5, 0.6) is 0 Å². The second-order valence-electron chi connectivity index (χ2n) is 6.30. The first kappa shape index (κ1) is 16.2. The van der Waals surface area contributed by atoms with Crippen molar-refractivity contribution in [3.63, 3.8) is 0 Å². The van der Waals surface area contributed by atoms with Crippen molar-refractivity contribution in [2.75, 3.05) is 31.6 Å². The van der Waals surface area contributed by atoms with E-state index in [0.717, 1.165) is 44.7 Å². The molecule has 4 heteroatoms. The summed E-state index contributed by atoms with van der Waals surface area (Å²) in [6.45, 7) is 9.61. The van der Waals surface area contributed by atoms with Crippen molar-refractivity contribution in [3.8, 4) is 0 Å². The van der Waals surface area contributed by atoms with Crippen molar-refractivity contribution in [1.29, 1.82) is 0 Å². The molecule has 118 valence electrons. The van der Waals surface area contributed by atoms with Crippen molar-refractivity contribution >= 4 is 5.82 Å². The van der Waals surface area contributed by atoms with Crippen LogP contribution in [0.3, 0.4) is 0 Å². The van der Waals surface area contributed by atoms with Gasteiger partial charge in [0.15, 0.2) is 0 Å². The minimum Gasteiger partial charge on any atom is -0.377 e. The second kappa shape index (κ2) is 7.23. The molecule has 1 N–H and O–H groups in total. The first-order valence-corrected chi connectivity index (χ1v) is 8.07. The molecule has 0 saturated carbocycles. The van der Waals surface area contributed by atoms with Crippen LogP contribution in [-0.2, 0) is 4.74 Å². The molecule has 0 aliphatic carbocycles. The lowest BCUT2D eigenvalue weighted by molar-refractivity contribution is -0.00481. The number of anilines is 1. The first-order chi connectivity index (χ1) is 10.1. The number of nitrogens with zero attached hydrogens (tertiary/aromatic N) is 2. The van der Waals surface area contributed by atoms with Crippen LogP contribution in [0.4, 0.5) is 5.82 Å². The number of hydrogen-bond acceptors (Lipinski definition) is 4. The van der Waals surface area contributed by atoms with E-state index in [2.05, 4.69) is 48.1 Å². The van der Waals surface area contributed by atoms with Gasteiger partial charge in [0.1, 0.15) is 5.82 Å². The summed E-state index contributed by atoms with van der Waals surface area (Å²) in [5, 5.41) is 3.54. The average molecular weight is 291 g/mol. The quantitative estimate of drug-likeness (QED) is 0.873. The molecule has 1 aromatic rings. The number of hydrogen-bond donors (Lipinski definition) is 1. The molecule has 2 heterocycles. The summed E-state index contributed by atoms with van der Waals surface area (Å²) in [6, 6.07) is 4.69. The van der Waals surface area contributed by atoms with Gasteiger partial charge < -0.3 is 15.0 Å². The van der Waals surface area contributed by atoms with Crippen LogP contribution in [0.15, 0.2) is 18.3 Å². The van der Waals surface area contributed by atoms with Crippen LogP contribution < -0.4 is 10.2 Å². The lowest BCUT2D eigenvalue weighted by atomic mass is 9.94. The first-order valence-electron chi connectivity index (χ1n) is 8.07. The smallest absolute Gasteiger partial charge is 0.128 e. The summed E-state index contributed by atoms with van der Waals surface area (Å²) in [5.74, 6) is 1.07. The van der Waals surface area contributed by atoms with E-state index in [1.807, 2.05) is 13.3 Å². The van der Waals surface area contributed by atoms with Crippen LogP contribution >= 0.6 is 0 Å². The van der Waals surface area contributed by atoms with Crippen molar-refractivity contribution in [1.82, 2.24) is 10.3 Å². The van der Waals surface area contributed by atoms with E-state index >= 15 is 0 Å². The number of methoxy groups -OCH3 is 1. The SMILES string of the molecule is CCCNC(C)c1ccnc(N2CCCC(C)(OC)C2)c1. The highest BCUT2D eigenvalue weighted by Gasteiger charge is 2.31. The van der Waals surface area contributed by atoms with Crippen molar-refractivity contribution in [2.45, 2.75) is 51.7 Å². The van der Waals surface area contributed by atoms with Gasteiger partial charge in [0.2, 0.25) is 0 Å². The molecule has 2 atom stereocenters. The Labute approximate surface area is 128 Å². The second-order valence-corrected chi connectivity index (χ2v) is 6.30. The summed E-state index contributed by atoms with van der Waals surface area (Å²) in [7, 11) is 1.81. The minimum atomic E-state index is -0.0536. The largest absolute Gasteiger partial charge is 0.377 e. The zero-order chi connectivity index (χ0) is 15.3. The highest BCUT2D eigenvalue weighted by atomic mass is 16.5. The number of ether oxygens (including phenoxy) is 1. The predicted molar refractivity (Wildman–Crippen MR) is 87.8 cm³/mol. The van der Waals surface area contributed by atoms with E-state index in [1.165, 1.54) is 5.56 Å². The Morgan fingerprint density at radius 3 is 3.05 bits per heavy atom. The zero-order valence-electron chi connectivity index (χ0n) is 13.9. The van der Waals surface area contributed by atoms with Gasteiger partial charge in [-0.05, 0) is 57.4 Å². The van der Waals surface area contributed by atoms with E-state index in [9.17, 15) is 0 Å². The van der Waals surface area contributed by atoms with Crippen LogP contribution in [0.25, 0.3) is 0 Å². The van der Waals surface area contributed by atoms with Crippen LogP contribution in [0.1, 0.15) is 51.6 Å². The van der Waals surface area contributed by atoms with Crippen LogP contribution in [-0.4, -0.2) is 37.3 Å². The molecule has 1 aliphatic heterocycles. The van der Waals surface area contributed by atoms with Gasteiger partial charge in [-0.3, -0.25) is 0 Å². The van der Waals surface area contributed by atoms with Gasteiger partial charge in [0.25, 0.3) is 0 Å². The molecule has 1 aliphatic rings. The standard InChI is InChI=1S/C17H29N3O/c1-5-9-18-14(2)15-7-10-19-16(12-15)20-11-6-8-17(3,13-20)21-4/h7,10,12,14,18H,5-6,8-9,11,13H2,1-4H3. The third-order valence-corrected chi connectivity index (χ3v) is 4.45. The molecule has 2 rings (SSSR count). The van der Waals surface area contributed by atoms with Gasteiger partial charge in [-0.1, -0.05) is 6.92 Å². The third-order valence-electron chi connectivity index (χ3n) is 4.45. The zero-order valence-corrected chi connectivity index (χ0v) is 13.9. The van der Waals surface area contributed by atoms with Gasteiger partial charge in [-0.2, -0.15) is 0 Å². The Hall–Kier alpha value is -1.13. The molecule has 1 aromatic heterocycles. The van der Waals surface area contributed by atoms with Gasteiger partial charge in [0, 0.05) is 32.4 Å². The van der Waals surface area contributed by atoms with Crippen LogP contribution in [0.2, 0.25) is 0 Å². The topological polar surface area (TPSA) is 37.4 Å². The Morgan fingerprint density at radius 1 is 1.52 bits per heavy atom. The van der Waals surface area contributed by atoms with Crippen molar-refractivity contribution in [2.24, 2.45) is 0 Å². The van der Waals surface area contributed by atoms with Gasteiger partial charge in [0.05, 0.1) is 5.60 Å². The number of piperidine rings is 1. The van der Waals surface area contributed by atoms with Crippen molar-refractivity contribution < 1.29 is 4.74 Å². The molecule has 0 spiro atoms. The monoisotopic (exact) mass is 291 g/mol. The summed E-state index contributed by atoms with van der Waals surface area (Å²) in [4.78, 5) is 6.92. The molecular weight excluding hydrogens is 262 g/mol. The number of pyridine rings is 1. The molecule has 0 amide bonds. The van der Waals surface area contributed by atoms with Crippen molar-refractivity contribution in [3.05, 3.63) is 23.9 Å². The predicted octanol–water partition coefficient (Wildman–Crippen LogP) is 3.15. The maximum Gasteiger partial charge on any atom is 0.128 e. The molecule has 21 heavy (non-hydrogen) atoms. The molecule has 0 aromatic carbocycles. The van der Waals surface area contributed by atoms with E-state index in [-0.39, 0.29) is 5.60 Å². The summed E-state index contributed by atoms with van der Waals surface area (Å²) < 4.78 is 5.68. The molecule has 4 nitrogen and oxygen atoms in total. The Bertz CT molecular complexity index is 451.